The van der Waals surface area contributed by atoms with Gasteiger partial charge in [-0.15, -0.1) is 0 Å². The van der Waals surface area contributed by atoms with E-state index in [1.54, 1.807) is 0 Å². The molecule has 3 heterocycles. The van der Waals surface area contributed by atoms with Crippen molar-refractivity contribution in [2.75, 3.05) is 0 Å². The van der Waals surface area contributed by atoms with Crippen LogP contribution >= 0.6 is 0 Å². The predicted molar refractivity (Wildman–Crippen MR) is 164 cm³/mol. The van der Waals surface area contributed by atoms with Crippen LogP contribution in [0.4, 0.5) is 0 Å². The Bertz CT molecular complexity index is 1730. The highest BCUT2D eigenvalue weighted by Crippen LogP contribution is 2.52. The lowest BCUT2D eigenvalue weighted by Crippen LogP contribution is -2.30. The van der Waals surface area contributed by atoms with E-state index in [1.807, 2.05) is 6.20 Å². The fourth-order valence-corrected chi connectivity index (χ4v) is 9.39. The van der Waals surface area contributed by atoms with Crippen molar-refractivity contribution in [3.8, 4) is 22.8 Å². The van der Waals surface area contributed by atoms with Gasteiger partial charge in [-0.2, -0.15) is 0 Å². The SMILES string of the molecule is CC(C)(C)Cc1c2c(cc3ccccc13)-c1nccc3c1c(cc1cc(C4CC[Si](C)(C)CC4)ccc13)O2. The van der Waals surface area contributed by atoms with Crippen LogP contribution in [0.3, 0.4) is 0 Å². The Labute approximate surface area is 227 Å². The van der Waals surface area contributed by atoms with E-state index in [0.29, 0.717) is 5.92 Å². The fraction of sp³-hybridized carbons (Fsp3) is 0.343. The highest BCUT2D eigenvalue weighted by atomic mass is 28.3. The minimum absolute atomic E-state index is 0.136. The van der Waals surface area contributed by atoms with Gasteiger partial charge in [0.05, 0.1) is 11.1 Å². The topological polar surface area (TPSA) is 22.1 Å². The van der Waals surface area contributed by atoms with E-state index >= 15 is 0 Å². The monoisotopic (exact) mass is 515 g/mol. The van der Waals surface area contributed by atoms with E-state index in [1.165, 1.54) is 63.0 Å². The molecule has 0 radical (unpaired) electrons. The summed E-state index contributed by atoms with van der Waals surface area (Å²) in [6.07, 6.45) is 5.61. The lowest BCUT2D eigenvalue weighted by atomic mass is 9.83. The lowest BCUT2D eigenvalue weighted by molar-refractivity contribution is 0.400. The molecular formula is C35H37NOSi. The van der Waals surface area contributed by atoms with Gasteiger partial charge < -0.3 is 4.74 Å². The van der Waals surface area contributed by atoms with Crippen LogP contribution in [0.1, 0.15) is 50.7 Å². The van der Waals surface area contributed by atoms with E-state index < -0.39 is 8.07 Å². The molecular weight excluding hydrogens is 478 g/mol. The zero-order valence-electron chi connectivity index (χ0n) is 23.3. The maximum atomic E-state index is 6.92. The molecule has 1 fully saturated rings. The number of ether oxygens (including phenoxy) is 1. The van der Waals surface area contributed by atoms with Gasteiger partial charge in [-0.1, -0.05) is 88.4 Å². The first-order valence-corrected chi connectivity index (χ1v) is 17.7. The van der Waals surface area contributed by atoms with Crippen molar-refractivity contribution < 1.29 is 4.74 Å². The predicted octanol–water partition coefficient (Wildman–Crippen LogP) is 10.5. The zero-order chi connectivity index (χ0) is 26.2. The number of hydrogen-bond acceptors (Lipinski definition) is 2. The van der Waals surface area contributed by atoms with Gasteiger partial charge in [-0.3, -0.25) is 4.98 Å². The van der Waals surface area contributed by atoms with Crippen molar-refractivity contribution in [2.24, 2.45) is 5.41 Å². The Balaban J connectivity index is 1.43. The summed E-state index contributed by atoms with van der Waals surface area (Å²) in [6.45, 7) is 12.0. The normalized spacial score (nSPS) is 17.1. The van der Waals surface area contributed by atoms with Crippen molar-refractivity contribution >= 4 is 40.4 Å². The molecule has 0 bridgehead atoms. The maximum Gasteiger partial charge on any atom is 0.140 e. The molecule has 192 valence electrons. The second-order valence-corrected chi connectivity index (χ2v) is 19.0. The number of hydrogen-bond donors (Lipinski definition) is 0. The highest BCUT2D eigenvalue weighted by Gasteiger charge is 2.31. The molecule has 0 spiro atoms. The summed E-state index contributed by atoms with van der Waals surface area (Å²) in [4.78, 5) is 4.96. The van der Waals surface area contributed by atoms with Gasteiger partial charge >= 0.3 is 0 Å². The van der Waals surface area contributed by atoms with Crippen LogP contribution in [0.2, 0.25) is 25.2 Å². The first-order chi connectivity index (χ1) is 18.2. The quantitative estimate of drug-likeness (QED) is 0.169. The van der Waals surface area contributed by atoms with Gasteiger partial charge in [-0.05, 0) is 81.3 Å². The Morgan fingerprint density at radius 2 is 1.66 bits per heavy atom. The first-order valence-electron chi connectivity index (χ1n) is 14.3. The molecule has 0 saturated carbocycles. The second-order valence-electron chi connectivity index (χ2n) is 13.7. The first kappa shape index (κ1) is 23.9. The minimum Gasteiger partial charge on any atom is -0.456 e. The van der Waals surface area contributed by atoms with Crippen molar-refractivity contribution in [3.05, 3.63) is 78.0 Å². The molecule has 2 nitrogen and oxygen atoms in total. The molecule has 0 N–H and O–H groups in total. The molecule has 5 aromatic rings. The Kier molecular flexibility index (Phi) is 5.29. The number of fused-ring (bicyclic) bond motifs is 5. The molecule has 0 unspecified atom stereocenters. The van der Waals surface area contributed by atoms with Crippen LogP contribution in [-0.4, -0.2) is 13.1 Å². The molecule has 4 aromatic carbocycles. The molecule has 1 saturated heterocycles. The van der Waals surface area contributed by atoms with Gasteiger partial charge in [0.1, 0.15) is 11.5 Å². The number of pyridine rings is 1. The van der Waals surface area contributed by atoms with Crippen LogP contribution in [0.15, 0.2) is 66.9 Å². The maximum absolute atomic E-state index is 6.92. The average Bonchev–Trinajstić information content (AvgIpc) is 2.88. The van der Waals surface area contributed by atoms with E-state index in [-0.39, 0.29) is 5.41 Å². The van der Waals surface area contributed by atoms with Crippen molar-refractivity contribution in [1.82, 2.24) is 4.98 Å². The highest BCUT2D eigenvalue weighted by molar-refractivity contribution is 6.77. The third kappa shape index (κ3) is 3.94. The van der Waals surface area contributed by atoms with E-state index in [2.05, 4.69) is 94.5 Å². The Morgan fingerprint density at radius 1 is 0.868 bits per heavy atom. The van der Waals surface area contributed by atoms with Crippen LogP contribution in [-0.2, 0) is 6.42 Å². The van der Waals surface area contributed by atoms with Gasteiger partial charge in [-0.25, -0.2) is 0 Å². The van der Waals surface area contributed by atoms with E-state index in [4.69, 9.17) is 9.72 Å². The molecule has 0 amide bonds. The summed E-state index contributed by atoms with van der Waals surface area (Å²) in [5, 5.41) is 7.49. The number of rotatable bonds is 2. The lowest BCUT2D eigenvalue weighted by Gasteiger charge is -2.33. The average molecular weight is 516 g/mol. The molecule has 2 aliphatic rings. The van der Waals surface area contributed by atoms with Gasteiger partial charge in [0.15, 0.2) is 0 Å². The number of aromatic nitrogens is 1. The van der Waals surface area contributed by atoms with Crippen molar-refractivity contribution in [2.45, 2.75) is 71.1 Å². The Hall–Kier alpha value is -3.17. The van der Waals surface area contributed by atoms with E-state index in [9.17, 15) is 0 Å². The summed E-state index contributed by atoms with van der Waals surface area (Å²) in [5.41, 5.74) is 5.09. The van der Waals surface area contributed by atoms with E-state index in [0.717, 1.165) is 34.6 Å². The van der Waals surface area contributed by atoms with Gasteiger partial charge in [0, 0.05) is 25.4 Å². The van der Waals surface area contributed by atoms with Crippen LogP contribution in [0, 0.1) is 5.41 Å². The third-order valence-electron chi connectivity index (χ3n) is 8.94. The van der Waals surface area contributed by atoms with Gasteiger partial charge in [0.25, 0.3) is 0 Å². The standard InChI is InChI=1S/C35H37NOSi/c1-35(2,3)21-30-26-9-7-6-8-24(26)19-29-33-32-28(12-15-36-33)27-11-10-23(22-13-16-38(4,5)17-14-22)18-25(27)20-31(32)37-34(29)30/h6-12,15,18-20,22H,13-14,16-17,21H2,1-5H3. The van der Waals surface area contributed by atoms with Crippen molar-refractivity contribution in [3.63, 3.8) is 0 Å². The molecule has 0 atom stereocenters. The largest absolute Gasteiger partial charge is 0.456 e. The molecule has 7 rings (SSSR count). The second kappa shape index (κ2) is 8.41. The molecule has 0 aliphatic carbocycles. The van der Waals surface area contributed by atoms with Gasteiger partial charge in [0.2, 0.25) is 0 Å². The minimum atomic E-state index is -0.972. The smallest absolute Gasteiger partial charge is 0.140 e. The summed E-state index contributed by atoms with van der Waals surface area (Å²) >= 11 is 0. The summed E-state index contributed by atoms with van der Waals surface area (Å²) in [5.74, 6) is 2.62. The van der Waals surface area contributed by atoms with Crippen molar-refractivity contribution in [1.29, 1.82) is 0 Å². The molecule has 2 aliphatic heterocycles. The Morgan fingerprint density at radius 3 is 2.45 bits per heavy atom. The van der Waals surface area contributed by atoms with Crippen LogP contribution in [0.5, 0.6) is 11.5 Å². The third-order valence-corrected chi connectivity index (χ3v) is 12.2. The van der Waals surface area contributed by atoms with Crippen LogP contribution in [0.25, 0.3) is 43.6 Å². The molecule has 38 heavy (non-hydrogen) atoms. The fourth-order valence-electron chi connectivity index (χ4n) is 6.88. The number of nitrogens with zero attached hydrogens (tertiary/aromatic N) is 1. The summed E-state index contributed by atoms with van der Waals surface area (Å²) in [7, 11) is -0.972. The zero-order valence-corrected chi connectivity index (χ0v) is 24.3. The van der Waals surface area contributed by atoms with Crippen LogP contribution < -0.4 is 4.74 Å². The summed E-state index contributed by atoms with van der Waals surface area (Å²) in [6, 6.07) is 25.5. The molecule has 3 heteroatoms. The number of benzene rings is 4. The molecule has 1 aromatic heterocycles. The summed E-state index contributed by atoms with van der Waals surface area (Å²) < 4.78 is 6.92.